The molecule has 0 amide bonds. The Hall–Kier alpha value is -0.900. The Labute approximate surface area is 91.8 Å². The summed E-state index contributed by atoms with van der Waals surface area (Å²) in [6, 6.07) is 0. The topological polar surface area (TPSA) is 50.4 Å². The molecule has 0 bridgehead atoms. The van der Waals surface area contributed by atoms with Gasteiger partial charge < -0.3 is 9.52 Å². The standard InChI is InChI=1S/C11H12O3S/c12-11(13)9-7-4-15-5-8(7)14-10(9)6-2-1-3-6/h6H,1-5H2,(H,12,13). The molecule has 80 valence electrons. The largest absolute Gasteiger partial charge is 0.478 e. The number of carboxylic acids is 1. The fourth-order valence-corrected chi connectivity index (χ4v) is 3.27. The first-order valence-corrected chi connectivity index (χ1v) is 6.38. The molecule has 3 nitrogen and oxygen atoms in total. The highest BCUT2D eigenvalue weighted by atomic mass is 32.2. The van der Waals surface area contributed by atoms with Gasteiger partial charge in [-0.1, -0.05) is 6.42 Å². The van der Waals surface area contributed by atoms with Crippen molar-refractivity contribution in [2.24, 2.45) is 0 Å². The lowest BCUT2D eigenvalue weighted by Crippen LogP contribution is -2.12. The number of hydrogen-bond donors (Lipinski definition) is 1. The van der Waals surface area contributed by atoms with E-state index >= 15 is 0 Å². The van der Waals surface area contributed by atoms with Gasteiger partial charge >= 0.3 is 5.97 Å². The highest BCUT2D eigenvalue weighted by molar-refractivity contribution is 7.98. The Morgan fingerprint density at radius 2 is 2.20 bits per heavy atom. The summed E-state index contributed by atoms with van der Waals surface area (Å²) >= 11 is 1.73. The zero-order valence-corrected chi connectivity index (χ0v) is 9.10. The molecule has 1 saturated carbocycles. The molecule has 1 aliphatic carbocycles. The molecule has 2 heterocycles. The van der Waals surface area contributed by atoms with E-state index in [9.17, 15) is 9.90 Å². The van der Waals surface area contributed by atoms with Crippen LogP contribution < -0.4 is 0 Å². The molecule has 0 spiro atoms. The SMILES string of the molecule is O=C(O)c1c(C2CCC2)oc2c1CSC2. The van der Waals surface area contributed by atoms with Crippen molar-refractivity contribution >= 4 is 17.7 Å². The minimum atomic E-state index is -0.815. The van der Waals surface area contributed by atoms with Crippen molar-refractivity contribution in [2.75, 3.05) is 0 Å². The van der Waals surface area contributed by atoms with E-state index in [1.165, 1.54) is 6.42 Å². The van der Waals surface area contributed by atoms with Crippen molar-refractivity contribution in [2.45, 2.75) is 36.7 Å². The first kappa shape index (κ1) is 9.33. The van der Waals surface area contributed by atoms with E-state index in [1.54, 1.807) is 11.8 Å². The first-order valence-electron chi connectivity index (χ1n) is 5.23. The number of hydrogen-bond acceptors (Lipinski definition) is 3. The van der Waals surface area contributed by atoms with Gasteiger partial charge in [-0.3, -0.25) is 0 Å². The van der Waals surface area contributed by atoms with Crippen LogP contribution in [0.3, 0.4) is 0 Å². The molecule has 1 fully saturated rings. The van der Waals surface area contributed by atoms with Gasteiger partial charge in [0.15, 0.2) is 0 Å². The van der Waals surface area contributed by atoms with Crippen LogP contribution in [-0.4, -0.2) is 11.1 Å². The molecule has 15 heavy (non-hydrogen) atoms. The minimum absolute atomic E-state index is 0.367. The van der Waals surface area contributed by atoms with Crippen molar-refractivity contribution < 1.29 is 14.3 Å². The monoisotopic (exact) mass is 224 g/mol. The van der Waals surface area contributed by atoms with Gasteiger partial charge in [-0.05, 0) is 12.8 Å². The second kappa shape index (κ2) is 3.30. The number of thioether (sulfide) groups is 1. The molecule has 0 radical (unpaired) electrons. The van der Waals surface area contributed by atoms with Crippen LogP contribution in [0.2, 0.25) is 0 Å². The van der Waals surface area contributed by atoms with Gasteiger partial charge in [0.2, 0.25) is 0 Å². The third-order valence-electron chi connectivity index (χ3n) is 3.29. The zero-order chi connectivity index (χ0) is 10.4. The van der Waals surface area contributed by atoms with Crippen LogP contribution in [0, 0.1) is 0 Å². The number of carboxylic acid groups (broad SMARTS) is 1. The van der Waals surface area contributed by atoms with Gasteiger partial charge in [-0.15, -0.1) is 11.8 Å². The smallest absolute Gasteiger partial charge is 0.339 e. The molecule has 1 aromatic rings. The maximum Gasteiger partial charge on any atom is 0.339 e. The van der Waals surface area contributed by atoms with Gasteiger partial charge in [0, 0.05) is 17.2 Å². The third-order valence-corrected chi connectivity index (χ3v) is 4.25. The summed E-state index contributed by atoms with van der Waals surface area (Å²) < 4.78 is 5.72. The second-order valence-corrected chi connectivity index (χ2v) is 5.15. The Kier molecular flexibility index (Phi) is 2.06. The quantitative estimate of drug-likeness (QED) is 0.839. The van der Waals surface area contributed by atoms with Gasteiger partial charge in [-0.2, -0.15) is 0 Å². The zero-order valence-electron chi connectivity index (χ0n) is 8.28. The van der Waals surface area contributed by atoms with Crippen LogP contribution in [0.1, 0.15) is 52.6 Å². The van der Waals surface area contributed by atoms with Crippen LogP contribution >= 0.6 is 11.8 Å². The van der Waals surface area contributed by atoms with E-state index in [0.717, 1.165) is 41.4 Å². The summed E-state index contributed by atoms with van der Waals surface area (Å²) in [5, 5.41) is 9.22. The molecule has 1 aromatic heterocycles. The van der Waals surface area contributed by atoms with Crippen molar-refractivity contribution in [3.63, 3.8) is 0 Å². The van der Waals surface area contributed by atoms with Crippen LogP contribution in [0.5, 0.6) is 0 Å². The van der Waals surface area contributed by atoms with E-state index in [-0.39, 0.29) is 0 Å². The minimum Gasteiger partial charge on any atom is -0.478 e. The predicted octanol–water partition coefficient (Wildman–Crippen LogP) is 2.99. The number of fused-ring (bicyclic) bond motifs is 1. The summed E-state index contributed by atoms with van der Waals surface area (Å²) in [5.41, 5.74) is 1.41. The van der Waals surface area contributed by atoms with Crippen molar-refractivity contribution in [1.82, 2.24) is 0 Å². The molecular weight excluding hydrogens is 212 g/mol. The van der Waals surface area contributed by atoms with Gasteiger partial charge in [-0.25, -0.2) is 4.79 Å². The molecule has 0 atom stereocenters. The number of rotatable bonds is 2. The molecule has 2 aliphatic rings. The Morgan fingerprint density at radius 3 is 2.80 bits per heavy atom. The number of carbonyl (C=O) groups is 1. The highest BCUT2D eigenvalue weighted by Crippen LogP contribution is 2.44. The Bertz CT molecular complexity index is 418. The maximum atomic E-state index is 11.2. The number of furan rings is 1. The first-order chi connectivity index (χ1) is 7.27. The van der Waals surface area contributed by atoms with Gasteiger partial charge in [0.05, 0.1) is 5.75 Å². The molecule has 0 aromatic carbocycles. The van der Waals surface area contributed by atoms with Crippen LogP contribution in [0.15, 0.2) is 4.42 Å². The van der Waals surface area contributed by atoms with Crippen molar-refractivity contribution in [3.05, 3.63) is 22.6 Å². The summed E-state index contributed by atoms with van der Waals surface area (Å²) in [7, 11) is 0. The normalized spacial score (nSPS) is 20.0. The van der Waals surface area contributed by atoms with E-state index in [2.05, 4.69) is 0 Å². The summed E-state index contributed by atoms with van der Waals surface area (Å²) in [5.74, 6) is 2.84. The van der Waals surface area contributed by atoms with Crippen LogP contribution in [0.25, 0.3) is 0 Å². The van der Waals surface area contributed by atoms with E-state index in [0.29, 0.717) is 11.5 Å². The maximum absolute atomic E-state index is 11.2. The van der Waals surface area contributed by atoms with Gasteiger partial charge in [0.1, 0.15) is 17.1 Å². The second-order valence-electron chi connectivity index (χ2n) is 4.17. The molecule has 0 saturated heterocycles. The van der Waals surface area contributed by atoms with Gasteiger partial charge in [0.25, 0.3) is 0 Å². The Morgan fingerprint density at radius 1 is 1.40 bits per heavy atom. The lowest BCUT2D eigenvalue weighted by atomic mass is 9.82. The average molecular weight is 224 g/mol. The molecule has 1 aliphatic heterocycles. The van der Waals surface area contributed by atoms with Crippen molar-refractivity contribution in [3.8, 4) is 0 Å². The molecule has 1 N–H and O–H groups in total. The van der Waals surface area contributed by atoms with E-state index in [4.69, 9.17) is 4.42 Å². The third kappa shape index (κ3) is 1.31. The van der Waals surface area contributed by atoms with E-state index < -0.39 is 5.97 Å². The predicted molar refractivity (Wildman–Crippen MR) is 57.3 cm³/mol. The molecule has 3 rings (SSSR count). The van der Waals surface area contributed by atoms with E-state index in [1.807, 2.05) is 0 Å². The lowest BCUT2D eigenvalue weighted by Gasteiger charge is -2.23. The van der Waals surface area contributed by atoms with Crippen LogP contribution in [-0.2, 0) is 11.5 Å². The number of aromatic carboxylic acids is 1. The van der Waals surface area contributed by atoms with Crippen LogP contribution in [0.4, 0.5) is 0 Å². The van der Waals surface area contributed by atoms with Crippen molar-refractivity contribution in [1.29, 1.82) is 0 Å². The summed E-state index contributed by atoms with van der Waals surface area (Å²) in [6.07, 6.45) is 3.36. The lowest BCUT2D eigenvalue weighted by molar-refractivity contribution is 0.0691. The Balaban J connectivity index is 2.09. The molecule has 4 heteroatoms. The fraction of sp³-hybridized carbons (Fsp3) is 0.545. The fourth-order valence-electron chi connectivity index (χ4n) is 2.24. The summed E-state index contributed by atoms with van der Waals surface area (Å²) in [4.78, 5) is 11.2. The average Bonchev–Trinajstić information content (AvgIpc) is 2.58. The molecular formula is C11H12O3S. The molecule has 0 unspecified atom stereocenters. The summed E-state index contributed by atoms with van der Waals surface area (Å²) in [6.45, 7) is 0. The highest BCUT2D eigenvalue weighted by Gasteiger charge is 2.34.